The molecule has 0 radical (unpaired) electrons. The highest BCUT2D eigenvalue weighted by Crippen LogP contribution is 2.04. The lowest BCUT2D eigenvalue weighted by Crippen LogP contribution is -1.98. The third-order valence-electron chi connectivity index (χ3n) is 1.46. The van der Waals surface area contributed by atoms with Crippen LogP contribution in [0.5, 0.6) is 0 Å². The quantitative estimate of drug-likeness (QED) is 0.471. The molecule has 1 heterocycles. The van der Waals surface area contributed by atoms with Crippen molar-refractivity contribution in [1.82, 2.24) is 4.98 Å². The van der Waals surface area contributed by atoms with Crippen LogP contribution >= 0.6 is 0 Å². The summed E-state index contributed by atoms with van der Waals surface area (Å²) in [6.07, 6.45) is 2.96. The molecule has 0 aliphatic rings. The van der Waals surface area contributed by atoms with Crippen LogP contribution in [0.2, 0.25) is 0 Å². The summed E-state index contributed by atoms with van der Waals surface area (Å²) >= 11 is 0. The van der Waals surface area contributed by atoms with E-state index in [1.807, 2.05) is 0 Å². The molecule has 1 aromatic heterocycles. The van der Waals surface area contributed by atoms with E-state index in [4.69, 9.17) is 0 Å². The van der Waals surface area contributed by atoms with Crippen molar-refractivity contribution in [3.05, 3.63) is 42.2 Å². The third-order valence-corrected chi connectivity index (χ3v) is 1.46. The van der Waals surface area contributed by atoms with E-state index in [9.17, 15) is 4.79 Å². The van der Waals surface area contributed by atoms with Crippen LogP contribution in [-0.2, 0) is 0 Å². The van der Waals surface area contributed by atoms with E-state index >= 15 is 0 Å². The first kappa shape index (κ1) is 7.66. The molecule has 0 aliphatic heterocycles. The predicted molar refractivity (Wildman–Crippen MR) is 43.5 cm³/mol. The minimum Gasteiger partial charge on any atom is -0.289 e. The van der Waals surface area contributed by atoms with Crippen LogP contribution in [0.25, 0.3) is 0 Å². The van der Waals surface area contributed by atoms with Crippen molar-refractivity contribution in [3.63, 3.8) is 0 Å². The molecule has 0 N–H and O–H groups in total. The summed E-state index contributed by atoms with van der Waals surface area (Å²) < 4.78 is 0. The van der Waals surface area contributed by atoms with Gasteiger partial charge in [0.25, 0.3) is 0 Å². The fraction of sp³-hybridized carbons (Fsp3) is 0.111. The highest BCUT2D eigenvalue weighted by atomic mass is 16.1. The lowest BCUT2D eigenvalue weighted by Gasteiger charge is -1.97. The minimum atomic E-state index is -0.0735. The monoisotopic (exact) mass is 147 g/mol. The van der Waals surface area contributed by atoms with Crippen LogP contribution in [-0.4, -0.2) is 10.8 Å². The lowest BCUT2D eigenvalue weighted by molar-refractivity contribution is 0.104. The Morgan fingerprint density at radius 1 is 1.73 bits per heavy atom. The second kappa shape index (κ2) is 3.10. The number of carbonyl (C=O) groups is 1. The number of nitrogens with zero attached hydrogens (tertiary/aromatic N) is 1. The number of pyridine rings is 1. The topological polar surface area (TPSA) is 30.0 Å². The van der Waals surface area contributed by atoms with E-state index in [1.54, 1.807) is 25.3 Å². The molecule has 1 rings (SSSR count). The summed E-state index contributed by atoms with van der Waals surface area (Å²) in [6.45, 7) is 5.20. The minimum absolute atomic E-state index is 0.0735. The van der Waals surface area contributed by atoms with Crippen molar-refractivity contribution in [2.24, 2.45) is 0 Å². The Bertz CT molecular complexity index is 291. The number of carbonyl (C=O) groups excluding carboxylic acids is 1. The normalized spacial score (nSPS) is 9.18. The average Bonchev–Trinajstić information content (AvgIpc) is 2.04. The standard InChI is InChI=1S/C9H9NO/c1-3-9(11)8-5-4-6-10-7(8)2/h3-6H,1H2,2H3. The molecule has 11 heavy (non-hydrogen) atoms. The van der Waals surface area contributed by atoms with Gasteiger partial charge >= 0.3 is 0 Å². The SMILES string of the molecule is C=CC(=O)c1cccnc1C. The van der Waals surface area contributed by atoms with E-state index in [1.165, 1.54) is 6.08 Å². The molecule has 0 aromatic carbocycles. The molecule has 0 atom stereocenters. The number of ketones is 1. The number of aryl methyl sites for hydroxylation is 1. The van der Waals surface area contributed by atoms with Gasteiger partial charge in [-0.3, -0.25) is 9.78 Å². The van der Waals surface area contributed by atoms with E-state index in [0.29, 0.717) is 5.56 Å². The van der Waals surface area contributed by atoms with Gasteiger partial charge in [0.05, 0.1) is 0 Å². The Kier molecular flexibility index (Phi) is 2.16. The van der Waals surface area contributed by atoms with Crippen molar-refractivity contribution in [3.8, 4) is 0 Å². The van der Waals surface area contributed by atoms with Crippen LogP contribution in [0.3, 0.4) is 0 Å². The maximum absolute atomic E-state index is 11.1. The van der Waals surface area contributed by atoms with Gasteiger partial charge in [-0.25, -0.2) is 0 Å². The Morgan fingerprint density at radius 2 is 2.45 bits per heavy atom. The Hall–Kier alpha value is -1.44. The molecular weight excluding hydrogens is 138 g/mol. The molecule has 56 valence electrons. The van der Waals surface area contributed by atoms with Crippen molar-refractivity contribution < 1.29 is 4.79 Å². The smallest absolute Gasteiger partial charge is 0.187 e. The van der Waals surface area contributed by atoms with Crippen LogP contribution in [0.4, 0.5) is 0 Å². The molecule has 1 aromatic rings. The largest absolute Gasteiger partial charge is 0.289 e. The first-order valence-electron chi connectivity index (χ1n) is 3.34. The number of allylic oxidation sites excluding steroid dienone is 1. The summed E-state index contributed by atoms with van der Waals surface area (Å²) in [5.74, 6) is -0.0735. The molecule has 0 saturated heterocycles. The predicted octanol–water partition coefficient (Wildman–Crippen LogP) is 1.76. The van der Waals surface area contributed by atoms with Gasteiger partial charge in [-0.15, -0.1) is 0 Å². The summed E-state index contributed by atoms with van der Waals surface area (Å²) in [5.41, 5.74) is 1.37. The molecule has 0 unspecified atom stereocenters. The summed E-state index contributed by atoms with van der Waals surface area (Å²) in [5, 5.41) is 0. The van der Waals surface area contributed by atoms with Gasteiger partial charge < -0.3 is 0 Å². The third kappa shape index (κ3) is 1.52. The van der Waals surface area contributed by atoms with Crippen LogP contribution < -0.4 is 0 Å². The molecule has 2 nitrogen and oxygen atoms in total. The number of aromatic nitrogens is 1. The summed E-state index contributed by atoms with van der Waals surface area (Å²) in [7, 11) is 0. The van der Waals surface area contributed by atoms with Crippen LogP contribution in [0.1, 0.15) is 16.1 Å². The van der Waals surface area contributed by atoms with Crippen molar-refractivity contribution in [1.29, 1.82) is 0 Å². The summed E-state index contributed by atoms with van der Waals surface area (Å²) in [6, 6.07) is 3.48. The zero-order valence-electron chi connectivity index (χ0n) is 6.37. The second-order valence-electron chi connectivity index (χ2n) is 2.20. The first-order chi connectivity index (χ1) is 5.25. The molecule has 0 fully saturated rings. The number of hydrogen-bond donors (Lipinski definition) is 0. The highest BCUT2D eigenvalue weighted by molar-refractivity contribution is 6.04. The van der Waals surface area contributed by atoms with E-state index in [0.717, 1.165) is 5.69 Å². The van der Waals surface area contributed by atoms with Crippen molar-refractivity contribution in [2.45, 2.75) is 6.92 Å². The number of hydrogen-bond acceptors (Lipinski definition) is 2. The average molecular weight is 147 g/mol. The van der Waals surface area contributed by atoms with Gasteiger partial charge in [0.2, 0.25) is 0 Å². The van der Waals surface area contributed by atoms with Gasteiger partial charge in [0.1, 0.15) is 0 Å². The molecular formula is C9H9NO. The highest BCUT2D eigenvalue weighted by Gasteiger charge is 2.03. The van der Waals surface area contributed by atoms with Crippen molar-refractivity contribution >= 4 is 5.78 Å². The maximum atomic E-state index is 11.1. The molecule has 0 aliphatic carbocycles. The first-order valence-corrected chi connectivity index (χ1v) is 3.34. The van der Waals surface area contributed by atoms with Gasteiger partial charge in [-0.1, -0.05) is 6.58 Å². The van der Waals surface area contributed by atoms with Crippen molar-refractivity contribution in [2.75, 3.05) is 0 Å². The van der Waals surface area contributed by atoms with E-state index in [-0.39, 0.29) is 5.78 Å². The second-order valence-corrected chi connectivity index (χ2v) is 2.20. The molecule has 0 spiro atoms. The van der Waals surface area contributed by atoms with Gasteiger partial charge in [0, 0.05) is 17.5 Å². The van der Waals surface area contributed by atoms with Gasteiger partial charge in [-0.05, 0) is 25.1 Å². The summed E-state index contributed by atoms with van der Waals surface area (Å²) in [4.78, 5) is 15.1. The molecule has 0 amide bonds. The maximum Gasteiger partial charge on any atom is 0.187 e. The molecule has 0 saturated carbocycles. The zero-order valence-corrected chi connectivity index (χ0v) is 6.37. The zero-order chi connectivity index (χ0) is 8.27. The Labute approximate surface area is 65.6 Å². The number of rotatable bonds is 2. The van der Waals surface area contributed by atoms with Crippen LogP contribution in [0, 0.1) is 6.92 Å². The Morgan fingerprint density at radius 3 is 3.00 bits per heavy atom. The van der Waals surface area contributed by atoms with E-state index < -0.39 is 0 Å². The van der Waals surface area contributed by atoms with E-state index in [2.05, 4.69) is 11.6 Å². The fourth-order valence-electron chi connectivity index (χ4n) is 0.855. The Balaban J connectivity index is 3.13. The van der Waals surface area contributed by atoms with Gasteiger partial charge in [0.15, 0.2) is 5.78 Å². The lowest BCUT2D eigenvalue weighted by atomic mass is 10.1. The van der Waals surface area contributed by atoms with Gasteiger partial charge in [-0.2, -0.15) is 0 Å². The molecule has 2 heteroatoms. The molecule has 0 bridgehead atoms. The fourth-order valence-corrected chi connectivity index (χ4v) is 0.855. The van der Waals surface area contributed by atoms with Crippen LogP contribution in [0.15, 0.2) is 31.0 Å².